The topological polar surface area (TPSA) is 113 Å². The third kappa shape index (κ3) is 3.79. The second-order valence-corrected chi connectivity index (χ2v) is 8.62. The van der Waals surface area contributed by atoms with E-state index in [0.29, 0.717) is 5.57 Å². The van der Waals surface area contributed by atoms with Gasteiger partial charge in [0, 0.05) is 18.2 Å². The number of esters is 1. The number of nitrogens with zero attached hydrogens (tertiary/aromatic N) is 1. The number of benzene rings is 1. The van der Waals surface area contributed by atoms with E-state index in [1.54, 1.807) is 12.1 Å². The van der Waals surface area contributed by atoms with Crippen molar-refractivity contribution in [2.24, 2.45) is 0 Å². The molecule has 148 valence electrons. The largest absolute Gasteiger partial charge is 0.477 e. The highest BCUT2D eigenvalue weighted by Gasteiger charge is 2.64. The molecule has 0 saturated carbocycles. The molecule has 0 aliphatic carbocycles. The molecule has 1 aromatic carbocycles. The van der Waals surface area contributed by atoms with E-state index in [1.165, 1.54) is 18.7 Å². The van der Waals surface area contributed by atoms with E-state index in [9.17, 15) is 24.3 Å². The van der Waals surface area contributed by atoms with Gasteiger partial charge >= 0.3 is 11.9 Å². The molecular formula is C18H17BrN2O6S. The fourth-order valence-electron chi connectivity index (χ4n) is 3.02. The molecule has 1 saturated heterocycles. The number of β-lactam (4-membered cyclic amide) rings is 1. The monoisotopic (exact) mass is 468 g/mol. The average molecular weight is 469 g/mol. The maximum absolute atomic E-state index is 12.7. The minimum Gasteiger partial charge on any atom is -0.477 e. The average Bonchev–Trinajstić information content (AvgIpc) is 2.65. The van der Waals surface area contributed by atoms with Gasteiger partial charge in [-0.1, -0.05) is 30.3 Å². The lowest BCUT2D eigenvalue weighted by Gasteiger charge is -2.54. The maximum Gasteiger partial charge on any atom is 0.352 e. The van der Waals surface area contributed by atoms with Gasteiger partial charge in [-0.25, -0.2) is 4.79 Å². The Hall–Kier alpha value is -2.33. The lowest BCUT2D eigenvalue weighted by molar-refractivity contribution is -0.152. The summed E-state index contributed by atoms with van der Waals surface area (Å²) in [7, 11) is 0. The van der Waals surface area contributed by atoms with Crippen LogP contribution >= 0.6 is 27.7 Å². The van der Waals surface area contributed by atoms with E-state index in [0.717, 1.165) is 10.5 Å². The predicted octanol–water partition coefficient (Wildman–Crippen LogP) is 1.25. The van der Waals surface area contributed by atoms with Crippen LogP contribution in [0.4, 0.5) is 0 Å². The van der Waals surface area contributed by atoms with Gasteiger partial charge in [-0.2, -0.15) is 0 Å². The molecule has 0 bridgehead atoms. The molecule has 0 spiro atoms. The summed E-state index contributed by atoms with van der Waals surface area (Å²) < 4.78 is 3.52. The van der Waals surface area contributed by atoms with E-state index >= 15 is 0 Å². The summed E-state index contributed by atoms with van der Waals surface area (Å²) in [4.78, 5) is 49.0. The number of carboxylic acids is 1. The molecule has 2 amide bonds. The Balaban J connectivity index is 1.76. The summed E-state index contributed by atoms with van der Waals surface area (Å²) in [6, 6.07) is 9.07. The van der Waals surface area contributed by atoms with Crippen molar-refractivity contribution in [1.82, 2.24) is 10.2 Å². The van der Waals surface area contributed by atoms with E-state index in [1.807, 2.05) is 18.2 Å². The molecule has 8 nitrogen and oxygen atoms in total. The molecule has 1 fully saturated rings. The summed E-state index contributed by atoms with van der Waals surface area (Å²) >= 11 is 4.59. The van der Waals surface area contributed by atoms with Crippen LogP contribution in [0.5, 0.6) is 0 Å². The number of amides is 2. The van der Waals surface area contributed by atoms with Gasteiger partial charge in [0.25, 0.3) is 5.91 Å². The number of carboxylic acid groups (broad SMARTS) is 1. The number of nitrogens with one attached hydrogen (secondary N) is 1. The van der Waals surface area contributed by atoms with Crippen molar-refractivity contribution >= 4 is 51.4 Å². The van der Waals surface area contributed by atoms with Gasteiger partial charge < -0.3 is 15.2 Å². The summed E-state index contributed by atoms with van der Waals surface area (Å²) in [5.74, 6) is -2.51. The van der Waals surface area contributed by atoms with Crippen molar-refractivity contribution in [2.75, 3.05) is 12.4 Å². The molecular weight excluding hydrogens is 452 g/mol. The predicted molar refractivity (Wildman–Crippen MR) is 104 cm³/mol. The number of hydrogen-bond acceptors (Lipinski definition) is 6. The third-order valence-electron chi connectivity index (χ3n) is 4.28. The van der Waals surface area contributed by atoms with Crippen LogP contribution in [0.1, 0.15) is 12.5 Å². The number of aliphatic carboxylic acids is 1. The molecule has 10 heteroatoms. The van der Waals surface area contributed by atoms with Crippen LogP contribution in [0.25, 0.3) is 0 Å². The second kappa shape index (κ2) is 7.96. The van der Waals surface area contributed by atoms with Crippen LogP contribution in [0.3, 0.4) is 0 Å². The Kier molecular flexibility index (Phi) is 5.80. The summed E-state index contributed by atoms with van der Waals surface area (Å²) in [6.07, 6.45) is 0.0954. The van der Waals surface area contributed by atoms with Gasteiger partial charge in [-0.15, -0.1) is 11.8 Å². The third-order valence-corrected chi connectivity index (χ3v) is 6.95. The molecule has 2 heterocycles. The molecule has 1 aromatic rings. The number of rotatable bonds is 6. The lowest BCUT2D eigenvalue weighted by Crippen LogP contribution is -2.77. The SMILES string of the molecule is CC(=O)OCC1=C(C(=O)O)N2C(=O)C(Br)(NC(=O)Cc3ccccc3)[C@H]2SC1. The zero-order valence-corrected chi connectivity index (χ0v) is 17.2. The van der Waals surface area contributed by atoms with Gasteiger partial charge in [0.05, 0.1) is 6.42 Å². The lowest BCUT2D eigenvalue weighted by atomic mass is 10.0. The Morgan fingerprint density at radius 1 is 1.36 bits per heavy atom. The van der Waals surface area contributed by atoms with E-state index in [4.69, 9.17) is 4.74 Å². The van der Waals surface area contributed by atoms with E-state index < -0.39 is 27.7 Å². The highest BCUT2D eigenvalue weighted by Crippen LogP contribution is 2.49. The van der Waals surface area contributed by atoms with Crippen LogP contribution in [-0.4, -0.2) is 55.9 Å². The van der Waals surface area contributed by atoms with Crippen molar-refractivity contribution in [3.63, 3.8) is 0 Å². The first-order valence-corrected chi connectivity index (χ1v) is 10.2. The molecule has 3 rings (SSSR count). The smallest absolute Gasteiger partial charge is 0.352 e. The number of halogens is 1. The molecule has 1 unspecified atom stereocenters. The summed E-state index contributed by atoms with van der Waals surface area (Å²) in [5, 5.41) is 11.6. The number of thioether (sulfide) groups is 1. The maximum atomic E-state index is 12.7. The fraction of sp³-hybridized carbons (Fsp3) is 0.333. The highest BCUT2D eigenvalue weighted by atomic mass is 79.9. The zero-order valence-electron chi connectivity index (χ0n) is 14.8. The summed E-state index contributed by atoms with van der Waals surface area (Å²) in [6.45, 7) is 1.02. The van der Waals surface area contributed by atoms with Crippen molar-refractivity contribution in [2.45, 2.75) is 23.2 Å². The Morgan fingerprint density at radius 2 is 2.04 bits per heavy atom. The van der Waals surface area contributed by atoms with Crippen LogP contribution in [0.15, 0.2) is 41.6 Å². The first-order chi connectivity index (χ1) is 13.2. The summed E-state index contributed by atoms with van der Waals surface area (Å²) in [5.41, 5.74) is 0.927. The van der Waals surface area contributed by atoms with Crippen LogP contribution in [-0.2, 0) is 30.3 Å². The number of alkyl halides is 1. The molecule has 2 atom stereocenters. The first-order valence-electron chi connectivity index (χ1n) is 8.32. The van der Waals surface area contributed by atoms with Gasteiger partial charge in [0.15, 0.2) is 0 Å². The standard InChI is InChI=1S/C18H17BrN2O6S/c1-10(22)27-8-12-9-28-17-18(19,16(26)21(17)14(12)15(24)25)20-13(23)7-11-5-3-2-4-6-11/h2-6,17H,7-9H2,1H3,(H,20,23)(H,24,25)/t17-,18?/m1/s1. The first kappa shape index (κ1) is 20.4. The van der Waals surface area contributed by atoms with Crippen LogP contribution in [0, 0.1) is 0 Å². The van der Waals surface area contributed by atoms with Crippen molar-refractivity contribution in [1.29, 1.82) is 0 Å². The second-order valence-electron chi connectivity index (χ2n) is 6.30. The number of fused-ring (bicyclic) bond motifs is 1. The molecule has 28 heavy (non-hydrogen) atoms. The van der Waals surface area contributed by atoms with Crippen molar-refractivity contribution < 1.29 is 29.0 Å². The Bertz CT molecular complexity index is 874. The van der Waals surface area contributed by atoms with Crippen LogP contribution in [0.2, 0.25) is 0 Å². The van der Waals surface area contributed by atoms with E-state index in [-0.39, 0.29) is 30.4 Å². The van der Waals surface area contributed by atoms with Crippen molar-refractivity contribution in [3.05, 3.63) is 47.2 Å². The van der Waals surface area contributed by atoms with Gasteiger partial charge in [0.2, 0.25) is 10.4 Å². The number of ether oxygens (including phenoxy) is 1. The molecule has 0 radical (unpaired) electrons. The number of carbonyl (C=O) groups is 4. The highest BCUT2D eigenvalue weighted by molar-refractivity contribution is 9.10. The minimum atomic E-state index is -1.38. The minimum absolute atomic E-state index is 0.0954. The molecule has 2 aliphatic rings. The molecule has 2 aliphatic heterocycles. The van der Waals surface area contributed by atoms with E-state index in [2.05, 4.69) is 21.2 Å². The quantitative estimate of drug-likeness (QED) is 0.279. The number of carbonyl (C=O) groups excluding carboxylic acids is 3. The number of hydrogen-bond donors (Lipinski definition) is 2. The van der Waals surface area contributed by atoms with Gasteiger partial charge in [-0.3, -0.25) is 19.3 Å². The van der Waals surface area contributed by atoms with Crippen molar-refractivity contribution in [3.8, 4) is 0 Å². The van der Waals surface area contributed by atoms with Crippen LogP contribution < -0.4 is 5.32 Å². The zero-order chi connectivity index (χ0) is 20.5. The Labute approximate surface area is 173 Å². The molecule has 0 aromatic heterocycles. The van der Waals surface area contributed by atoms with Gasteiger partial charge in [0.1, 0.15) is 17.7 Å². The normalized spacial score (nSPS) is 23.6. The van der Waals surface area contributed by atoms with Gasteiger partial charge in [-0.05, 0) is 21.5 Å². The fourth-order valence-corrected chi connectivity index (χ4v) is 5.35. The molecule has 2 N–H and O–H groups in total. The Morgan fingerprint density at radius 3 is 2.64 bits per heavy atom.